The molecule has 2 aliphatic rings. The average Bonchev–Trinajstić information content (AvgIpc) is 3.03. The molecule has 0 saturated carbocycles. The fourth-order valence-electron chi connectivity index (χ4n) is 4.41. The lowest BCUT2D eigenvalue weighted by Gasteiger charge is -2.31. The Morgan fingerprint density at radius 1 is 0.979 bits per heavy atom. The van der Waals surface area contributed by atoms with Gasteiger partial charge in [0.05, 0.1) is 25.4 Å². The van der Waals surface area contributed by atoms with E-state index in [0.29, 0.717) is 6.20 Å². The summed E-state index contributed by atoms with van der Waals surface area (Å²) in [5.41, 5.74) is 21.4. The van der Waals surface area contributed by atoms with Gasteiger partial charge in [0.15, 0.2) is 5.96 Å². The molecule has 8 amide bonds. The largest absolute Gasteiger partial charge is 0.394 e. The number of hydrogen-bond acceptors (Lipinski definition) is 15. The van der Waals surface area contributed by atoms with Gasteiger partial charge in [-0.2, -0.15) is 0 Å². The number of hydrogen-bond donors (Lipinski definition) is 15. The zero-order chi connectivity index (χ0) is 36.0. The highest BCUT2D eigenvalue weighted by Crippen LogP contribution is 2.07. The highest BCUT2D eigenvalue weighted by molar-refractivity contribution is 6.02. The Morgan fingerprint density at radius 3 is 2.23 bits per heavy atom. The van der Waals surface area contributed by atoms with Crippen LogP contribution in [0.3, 0.4) is 0 Å². The first-order valence-electron chi connectivity index (χ1n) is 14.7. The van der Waals surface area contributed by atoms with E-state index in [9.17, 15) is 48.9 Å². The number of urea groups is 1. The van der Waals surface area contributed by atoms with Gasteiger partial charge in [0.25, 0.3) is 5.91 Å². The van der Waals surface area contributed by atoms with Gasteiger partial charge in [-0.15, -0.1) is 0 Å². The van der Waals surface area contributed by atoms with Crippen LogP contribution < -0.4 is 65.5 Å². The highest BCUT2D eigenvalue weighted by Gasteiger charge is 2.36. The fourth-order valence-corrected chi connectivity index (χ4v) is 4.41. The Balaban J connectivity index is 2.52. The monoisotopic (exact) mass is 685 g/mol. The smallest absolute Gasteiger partial charge is 0.316 e. The van der Waals surface area contributed by atoms with Crippen LogP contribution in [0.5, 0.6) is 0 Å². The molecular formula is C25H43N13O10. The molecule has 0 aromatic carbocycles. The maximum absolute atomic E-state index is 13.6. The standard InChI is InChI=1S/C25H43N13O10/c26-3-1-16(41)10(27)5-17(42)33-12-6-31-23(47)18(11-2-4-30-24(28)37-11)38-20(44)13(7-32-25(29)48)34-21(45)14(8-39)36-22(46)15(9-40)35-19(12)43/h7,10-12,14-16,18,39-41H,1-6,8-9,26-27H2,(H,31,47)(H,33,42)(H,34,45)(H,35,43)(H,36,46)(H,38,44)(H3,28,30,37)(H3,29,32,48)/b13-7+/t10-,11-,12-,14+,15-,16+,18-/m0/s1. The van der Waals surface area contributed by atoms with Crippen LogP contribution in [0.15, 0.2) is 16.9 Å². The minimum atomic E-state index is -1.77. The average molecular weight is 686 g/mol. The Bertz CT molecular complexity index is 1280. The Hall–Kier alpha value is -5.10. The van der Waals surface area contributed by atoms with Gasteiger partial charge in [-0.3, -0.25) is 33.8 Å². The van der Waals surface area contributed by atoms with Crippen LogP contribution in [0.2, 0.25) is 0 Å². The van der Waals surface area contributed by atoms with Crippen LogP contribution in [0.4, 0.5) is 4.79 Å². The second-order valence-electron chi connectivity index (χ2n) is 10.7. The summed E-state index contributed by atoms with van der Waals surface area (Å²) in [6.45, 7) is -2.46. The summed E-state index contributed by atoms with van der Waals surface area (Å²) in [5, 5.41) is 48.0. The molecular weight excluding hydrogens is 642 g/mol. The maximum Gasteiger partial charge on any atom is 0.316 e. The van der Waals surface area contributed by atoms with Crippen molar-refractivity contribution in [1.82, 2.24) is 42.5 Å². The minimum Gasteiger partial charge on any atom is -0.394 e. The molecule has 1 fully saturated rings. The molecule has 0 radical (unpaired) electrons. The number of nitrogens with two attached hydrogens (primary N) is 4. The molecule has 0 aromatic heterocycles. The predicted octanol–water partition coefficient (Wildman–Crippen LogP) is -9.23. The topological polar surface area (TPSA) is 393 Å². The van der Waals surface area contributed by atoms with Crippen molar-refractivity contribution in [3.63, 3.8) is 0 Å². The zero-order valence-corrected chi connectivity index (χ0v) is 25.7. The van der Waals surface area contributed by atoms with E-state index < -0.39 is 116 Å². The number of carbonyl (C=O) groups is 7. The lowest BCUT2D eigenvalue weighted by atomic mass is 10.0. The summed E-state index contributed by atoms with van der Waals surface area (Å²) in [4.78, 5) is 94.2. The van der Waals surface area contributed by atoms with E-state index in [1.807, 2.05) is 5.32 Å². The summed E-state index contributed by atoms with van der Waals surface area (Å²) >= 11 is 0. The summed E-state index contributed by atoms with van der Waals surface area (Å²) in [6, 6.07) is -9.75. The van der Waals surface area contributed by atoms with Gasteiger partial charge in [0, 0.05) is 31.8 Å². The Labute approximate surface area is 273 Å². The third-order valence-corrected chi connectivity index (χ3v) is 7.03. The summed E-state index contributed by atoms with van der Waals surface area (Å²) in [5.74, 6) is -6.43. The molecule has 0 unspecified atom stereocenters. The molecule has 2 heterocycles. The molecule has 2 aliphatic heterocycles. The van der Waals surface area contributed by atoms with Crippen molar-refractivity contribution >= 4 is 47.4 Å². The normalized spacial score (nSPS) is 26.7. The van der Waals surface area contributed by atoms with E-state index in [2.05, 4.69) is 42.2 Å². The molecule has 1 saturated heterocycles. The summed E-state index contributed by atoms with van der Waals surface area (Å²) < 4.78 is 0. The number of nitrogens with one attached hydrogen (secondary N) is 8. The van der Waals surface area contributed by atoms with Crippen molar-refractivity contribution < 1.29 is 48.9 Å². The number of guanidine groups is 1. The molecule has 268 valence electrons. The molecule has 2 rings (SSSR count). The SMILES string of the molecule is NCC[C@@H](O)[C@@H](N)CC(=O)N[C@H]1CNC(=O)[C@H]([C@@H]2CCN=C(N)N2)NC(=O)/C(=C\NC(N)=O)NC(=O)[C@@H](CO)NC(=O)[C@H](CO)NC1=O. The summed E-state index contributed by atoms with van der Waals surface area (Å²) in [7, 11) is 0. The van der Waals surface area contributed by atoms with E-state index in [1.165, 1.54) is 0 Å². The van der Waals surface area contributed by atoms with Crippen LogP contribution in [0, 0.1) is 0 Å². The number of aliphatic imine (C=N–C) groups is 1. The first kappa shape index (κ1) is 39.1. The molecule has 23 nitrogen and oxygen atoms in total. The van der Waals surface area contributed by atoms with Crippen molar-refractivity contribution in [3.05, 3.63) is 11.9 Å². The van der Waals surface area contributed by atoms with Gasteiger partial charge in [-0.25, -0.2) is 4.79 Å². The predicted molar refractivity (Wildman–Crippen MR) is 164 cm³/mol. The third-order valence-electron chi connectivity index (χ3n) is 7.03. The van der Waals surface area contributed by atoms with Crippen LogP contribution in [0.1, 0.15) is 19.3 Å². The number of nitrogens with zero attached hydrogens (tertiary/aromatic N) is 1. The maximum atomic E-state index is 13.6. The lowest BCUT2D eigenvalue weighted by Crippen LogP contribution is -2.64. The molecule has 23 heteroatoms. The number of carbonyl (C=O) groups excluding carboxylic acids is 7. The van der Waals surface area contributed by atoms with Crippen molar-refractivity contribution in [2.24, 2.45) is 27.9 Å². The first-order chi connectivity index (χ1) is 22.7. The van der Waals surface area contributed by atoms with Crippen molar-refractivity contribution in [1.29, 1.82) is 0 Å². The van der Waals surface area contributed by atoms with Gasteiger partial charge in [0.1, 0.15) is 29.9 Å². The fraction of sp³-hybridized carbons (Fsp3) is 0.600. The molecule has 0 bridgehead atoms. The van der Waals surface area contributed by atoms with Crippen LogP contribution in [-0.4, -0.2) is 138 Å². The van der Waals surface area contributed by atoms with Crippen LogP contribution >= 0.6 is 0 Å². The Morgan fingerprint density at radius 2 is 1.62 bits per heavy atom. The van der Waals surface area contributed by atoms with Crippen LogP contribution in [-0.2, 0) is 28.8 Å². The zero-order valence-electron chi connectivity index (χ0n) is 25.7. The van der Waals surface area contributed by atoms with E-state index in [-0.39, 0.29) is 31.9 Å². The van der Waals surface area contributed by atoms with E-state index >= 15 is 0 Å². The molecule has 0 aromatic rings. The van der Waals surface area contributed by atoms with Crippen molar-refractivity contribution in [2.45, 2.75) is 61.6 Å². The van der Waals surface area contributed by atoms with Gasteiger partial charge in [-0.1, -0.05) is 0 Å². The van der Waals surface area contributed by atoms with E-state index in [0.717, 1.165) is 0 Å². The quantitative estimate of drug-likeness (QED) is 0.0950. The molecule has 48 heavy (non-hydrogen) atoms. The number of aliphatic hydroxyl groups is 3. The first-order valence-corrected chi connectivity index (χ1v) is 14.7. The van der Waals surface area contributed by atoms with E-state index in [4.69, 9.17) is 22.9 Å². The molecule has 19 N–H and O–H groups in total. The summed E-state index contributed by atoms with van der Waals surface area (Å²) in [6.07, 6.45) is -0.684. The second-order valence-corrected chi connectivity index (χ2v) is 10.7. The lowest BCUT2D eigenvalue weighted by molar-refractivity contribution is -0.135. The Kier molecular flexibility index (Phi) is 15.4. The highest BCUT2D eigenvalue weighted by atomic mass is 16.3. The molecule has 7 atom stereocenters. The minimum absolute atomic E-state index is 0.0610. The number of primary amides is 1. The number of rotatable bonds is 10. The molecule has 0 spiro atoms. The second kappa shape index (κ2) is 18.9. The van der Waals surface area contributed by atoms with E-state index in [1.54, 1.807) is 0 Å². The van der Waals surface area contributed by atoms with Crippen molar-refractivity contribution in [2.75, 3.05) is 32.8 Å². The third kappa shape index (κ3) is 11.9. The number of amides is 8. The van der Waals surface area contributed by atoms with Crippen molar-refractivity contribution in [3.8, 4) is 0 Å². The van der Waals surface area contributed by atoms with Crippen LogP contribution in [0.25, 0.3) is 0 Å². The van der Waals surface area contributed by atoms with Gasteiger partial charge in [0.2, 0.25) is 29.5 Å². The number of aliphatic hydroxyl groups excluding tert-OH is 3. The van der Waals surface area contributed by atoms with Gasteiger partial charge >= 0.3 is 6.03 Å². The van der Waals surface area contributed by atoms with Gasteiger partial charge < -0.3 is 80.8 Å². The van der Waals surface area contributed by atoms with Gasteiger partial charge in [-0.05, 0) is 19.4 Å². The molecule has 0 aliphatic carbocycles.